The smallest absolute Gasteiger partial charge is 0.109 e. The summed E-state index contributed by atoms with van der Waals surface area (Å²) in [5, 5.41) is 0. The van der Waals surface area contributed by atoms with Gasteiger partial charge in [0.15, 0.2) is 0 Å². The molecule has 0 aromatic carbocycles. The van der Waals surface area contributed by atoms with Crippen LogP contribution in [-0.4, -0.2) is 9.38 Å². The summed E-state index contributed by atoms with van der Waals surface area (Å²) in [6, 6.07) is -0.975. The van der Waals surface area contributed by atoms with Crippen molar-refractivity contribution >= 4 is 11.3 Å². The SMILES string of the molecule is [2H]c1c([2H])c(N)n2c([2H])nc([2H])c2c1[2H]. The van der Waals surface area contributed by atoms with Crippen LogP contribution < -0.4 is 5.73 Å². The summed E-state index contributed by atoms with van der Waals surface area (Å²) in [6.07, 6.45) is -0.570. The van der Waals surface area contributed by atoms with E-state index in [2.05, 4.69) is 4.98 Å². The van der Waals surface area contributed by atoms with Gasteiger partial charge in [-0.25, -0.2) is 4.98 Å². The number of aromatic nitrogens is 2. The van der Waals surface area contributed by atoms with E-state index in [1.807, 2.05) is 0 Å². The van der Waals surface area contributed by atoms with Crippen molar-refractivity contribution in [3.8, 4) is 0 Å². The van der Waals surface area contributed by atoms with Crippen LogP contribution in [-0.2, 0) is 0 Å². The Morgan fingerprint density at radius 2 is 2.50 bits per heavy atom. The van der Waals surface area contributed by atoms with Crippen molar-refractivity contribution in [2.75, 3.05) is 5.73 Å². The summed E-state index contributed by atoms with van der Waals surface area (Å²) in [4.78, 5) is 3.52. The van der Waals surface area contributed by atoms with Crippen LogP contribution >= 0.6 is 0 Å². The van der Waals surface area contributed by atoms with Crippen molar-refractivity contribution in [2.24, 2.45) is 0 Å². The summed E-state index contributed by atoms with van der Waals surface area (Å²) in [6.45, 7) is 0. The lowest BCUT2D eigenvalue weighted by atomic mass is 10.4. The summed E-state index contributed by atoms with van der Waals surface area (Å²) in [5.74, 6) is -0.137. The topological polar surface area (TPSA) is 43.3 Å². The van der Waals surface area contributed by atoms with Crippen molar-refractivity contribution < 1.29 is 6.85 Å². The fraction of sp³-hybridized carbons (Fsp3) is 0. The summed E-state index contributed by atoms with van der Waals surface area (Å²) in [5.41, 5.74) is 5.53. The third-order valence-corrected chi connectivity index (χ3v) is 1.15. The molecule has 0 aliphatic rings. The van der Waals surface area contributed by atoms with Crippen LogP contribution in [0.25, 0.3) is 5.52 Å². The lowest BCUT2D eigenvalue weighted by molar-refractivity contribution is 1.17. The quantitative estimate of drug-likeness (QED) is 0.588. The third-order valence-electron chi connectivity index (χ3n) is 1.15. The monoisotopic (exact) mass is 138 g/mol. The van der Waals surface area contributed by atoms with Gasteiger partial charge >= 0.3 is 0 Å². The molecule has 0 unspecified atom stereocenters. The molecule has 0 amide bonds. The van der Waals surface area contributed by atoms with Crippen LogP contribution in [0.15, 0.2) is 30.6 Å². The molecule has 0 fully saturated rings. The van der Waals surface area contributed by atoms with Gasteiger partial charge in [-0.05, 0) is 12.1 Å². The second kappa shape index (κ2) is 1.73. The van der Waals surface area contributed by atoms with Gasteiger partial charge in [-0.2, -0.15) is 0 Å². The molecular weight excluding hydrogens is 126 g/mol. The average molecular weight is 138 g/mol. The minimum absolute atomic E-state index is 0.00139. The molecule has 0 aliphatic carbocycles. The van der Waals surface area contributed by atoms with E-state index in [0.717, 1.165) is 4.40 Å². The number of pyridine rings is 1. The van der Waals surface area contributed by atoms with Crippen LogP contribution in [0.3, 0.4) is 0 Å². The number of anilines is 1. The van der Waals surface area contributed by atoms with Gasteiger partial charge in [0, 0.05) is 0 Å². The molecule has 3 nitrogen and oxygen atoms in total. The lowest BCUT2D eigenvalue weighted by Gasteiger charge is -1.95. The summed E-state index contributed by atoms with van der Waals surface area (Å²) < 4.78 is 38.3. The van der Waals surface area contributed by atoms with Crippen LogP contribution in [0.4, 0.5) is 5.82 Å². The molecule has 0 radical (unpaired) electrons. The Bertz CT molecular complexity index is 514. The largest absolute Gasteiger partial charge is 0.385 e. The zero-order chi connectivity index (χ0) is 11.3. The Balaban J connectivity index is 3.10. The second-order valence-electron chi connectivity index (χ2n) is 1.77. The minimum atomic E-state index is -0.353. The molecule has 2 aromatic rings. The lowest BCUT2D eigenvalue weighted by Crippen LogP contribution is -1.93. The molecular formula is C7H7N3. The average Bonchev–Trinajstić information content (AvgIpc) is 2.47. The molecule has 2 heterocycles. The van der Waals surface area contributed by atoms with E-state index in [-0.39, 0.29) is 41.9 Å². The highest BCUT2D eigenvalue weighted by atomic mass is 15.0. The first-order chi connectivity index (χ1) is 6.95. The molecule has 2 aromatic heterocycles. The number of nitrogen functional groups attached to an aromatic ring is 1. The molecule has 0 saturated carbocycles. The number of nitrogens with two attached hydrogens (primary N) is 1. The van der Waals surface area contributed by atoms with Gasteiger partial charge < -0.3 is 5.73 Å². The predicted octanol–water partition coefficient (Wildman–Crippen LogP) is 0.917. The van der Waals surface area contributed by atoms with E-state index >= 15 is 0 Å². The van der Waals surface area contributed by atoms with E-state index in [4.69, 9.17) is 12.6 Å². The third kappa shape index (κ3) is 0.572. The fourth-order valence-corrected chi connectivity index (χ4v) is 0.697. The number of imidazole rings is 1. The van der Waals surface area contributed by atoms with Crippen LogP contribution in [0, 0.1) is 0 Å². The van der Waals surface area contributed by atoms with Gasteiger partial charge in [0.25, 0.3) is 0 Å². The summed E-state index contributed by atoms with van der Waals surface area (Å²) >= 11 is 0. The Morgan fingerprint density at radius 3 is 3.40 bits per heavy atom. The first-order valence-electron chi connectivity index (χ1n) is 5.16. The zero-order valence-corrected chi connectivity index (χ0v) is 4.97. The maximum atomic E-state index is 7.55. The molecule has 0 aliphatic heterocycles. The number of nitrogens with zero attached hydrogens (tertiary/aromatic N) is 2. The molecule has 10 heavy (non-hydrogen) atoms. The highest BCUT2D eigenvalue weighted by Crippen LogP contribution is 2.06. The van der Waals surface area contributed by atoms with E-state index in [0.29, 0.717) is 0 Å². The molecule has 0 spiro atoms. The Kier molecular flexibility index (Phi) is 0.393. The second-order valence-corrected chi connectivity index (χ2v) is 1.77. The number of hydrogen-bond donors (Lipinski definition) is 1. The number of fused-ring (bicyclic) bond motifs is 1. The van der Waals surface area contributed by atoms with E-state index in [1.54, 1.807) is 0 Å². The molecule has 2 rings (SSSR count). The van der Waals surface area contributed by atoms with E-state index in [9.17, 15) is 0 Å². The first-order valence-corrected chi connectivity index (χ1v) is 2.66. The van der Waals surface area contributed by atoms with Gasteiger partial charge in [0.05, 0.1) is 17.2 Å². The van der Waals surface area contributed by atoms with Crippen LogP contribution in [0.5, 0.6) is 0 Å². The Labute approximate surface area is 65.1 Å². The van der Waals surface area contributed by atoms with Gasteiger partial charge in [-0.3, -0.25) is 4.40 Å². The van der Waals surface area contributed by atoms with Crippen molar-refractivity contribution in [2.45, 2.75) is 0 Å². The highest BCUT2D eigenvalue weighted by Gasteiger charge is 1.92. The predicted molar refractivity (Wildman–Crippen MR) is 39.6 cm³/mol. The van der Waals surface area contributed by atoms with Gasteiger partial charge in [-0.1, -0.05) is 6.04 Å². The van der Waals surface area contributed by atoms with E-state index < -0.39 is 0 Å². The molecule has 50 valence electrons. The van der Waals surface area contributed by atoms with Crippen LogP contribution in [0.2, 0.25) is 0 Å². The molecule has 0 atom stereocenters. The fourth-order valence-electron chi connectivity index (χ4n) is 0.697. The van der Waals surface area contributed by atoms with Gasteiger partial charge in [-0.15, -0.1) is 0 Å². The van der Waals surface area contributed by atoms with Crippen molar-refractivity contribution in [3.63, 3.8) is 0 Å². The van der Waals surface area contributed by atoms with E-state index in [1.165, 1.54) is 0 Å². The standard InChI is InChI=1S/C7H7N3/c8-7-3-1-2-6-4-9-5-10(6)7/h1-5H,8H2/i1D,2D,3D,4D,5D. The maximum Gasteiger partial charge on any atom is 0.109 e. The van der Waals surface area contributed by atoms with Crippen molar-refractivity contribution in [1.29, 1.82) is 0 Å². The first kappa shape index (κ1) is 2.27. The highest BCUT2D eigenvalue weighted by molar-refractivity contribution is 5.51. The number of rotatable bonds is 0. The van der Waals surface area contributed by atoms with Gasteiger partial charge in [0.2, 0.25) is 0 Å². The normalized spacial score (nSPS) is 17.4. The van der Waals surface area contributed by atoms with Crippen molar-refractivity contribution in [1.82, 2.24) is 9.38 Å². The number of hydrogen-bond acceptors (Lipinski definition) is 2. The van der Waals surface area contributed by atoms with Crippen LogP contribution in [0.1, 0.15) is 6.85 Å². The van der Waals surface area contributed by atoms with Crippen molar-refractivity contribution in [3.05, 3.63) is 30.6 Å². The molecule has 0 bridgehead atoms. The Hall–Kier alpha value is -1.51. The minimum Gasteiger partial charge on any atom is -0.385 e. The molecule has 2 N–H and O–H groups in total. The molecule has 3 heteroatoms. The molecule has 0 saturated heterocycles. The maximum absolute atomic E-state index is 7.55. The zero-order valence-electron chi connectivity index (χ0n) is 9.97. The summed E-state index contributed by atoms with van der Waals surface area (Å²) in [7, 11) is 0. The van der Waals surface area contributed by atoms with Gasteiger partial charge in [0.1, 0.15) is 13.5 Å². The Morgan fingerprint density at radius 1 is 1.60 bits per heavy atom.